The van der Waals surface area contributed by atoms with Gasteiger partial charge in [0.05, 0.1) is 24.7 Å². The van der Waals surface area contributed by atoms with Gasteiger partial charge in [0.25, 0.3) is 0 Å². The van der Waals surface area contributed by atoms with Crippen LogP contribution >= 0.6 is 0 Å². The van der Waals surface area contributed by atoms with Crippen LogP contribution in [0.5, 0.6) is 11.5 Å². The number of imidazole rings is 1. The lowest BCUT2D eigenvalue weighted by atomic mass is 10.3. The number of para-hydroxylation sites is 2. The quantitative estimate of drug-likeness (QED) is 0.683. The first kappa shape index (κ1) is 13.3. The average Bonchev–Trinajstić information content (AvgIpc) is 2.95. The zero-order valence-electron chi connectivity index (χ0n) is 11.8. The highest BCUT2D eigenvalue weighted by Crippen LogP contribution is 2.17. The molecule has 1 aromatic heterocycles. The Bertz CT molecular complexity index is 674. The topological polar surface area (TPSA) is 59.2 Å². The molecule has 21 heavy (non-hydrogen) atoms. The minimum absolute atomic E-state index is 0.559. The number of fused-ring (bicyclic) bond motifs is 1. The Hall–Kier alpha value is -2.69. The maximum absolute atomic E-state index is 5.64. The van der Waals surface area contributed by atoms with E-state index in [0.29, 0.717) is 13.2 Å². The summed E-state index contributed by atoms with van der Waals surface area (Å²) in [4.78, 5) is 7.66. The normalized spacial score (nSPS) is 10.5. The summed E-state index contributed by atoms with van der Waals surface area (Å²) in [7, 11) is 1.65. The first-order valence-corrected chi connectivity index (χ1v) is 6.80. The average molecular weight is 283 g/mol. The minimum atomic E-state index is 0.559. The second kappa shape index (κ2) is 6.17. The molecule has 0 saturated heterocycles. The van der Waals surface area contributed by atoms with Crippen LogP contribution in [-0.2, 0) is 0 Å². The highest BCUT2D eigenvalue weighted by Gasteiger charge is 2.01. The maximum Gasteiger partial charge on any atom is 0.201 e. The van der Waals surface area contributed by atoms with E-state index in [1.165, 1.54) is 0 Å². The Kier molecular flexibility index (Phi) is 3.91. The summed E-state index contributed by atoms with van der Waals surface area (Å²) in [5, 5.41) is 3.21. The van der Waals surface area contributed by atoms with Crippen molar-refractivity contribution in [3.05, 3.63) is 48.5 Å². The number of nitrogens with zero attached hydrogens (tertiary/aromatic N) is 1. The molecule has 2 aromatic carbocycles. The molecule has 0 amide bonds. The molecule has 0 unspecified atom stereocenters. The lowest BCUT2D eigenvalue weighted by Gasteiger charge is -2.07. The van der Waals surface area contributed by atoms with Gasteiger partial charge in [0.15, 0.2) is 0 Å². The van der Waals surface area contributed by atoms with Gasteiger partial charge in [-0.25, -0.2) is 4.98 Å². The number of benzene rings is 2. The van der Waals surface area contributed by atoms with Crippen LogP contribution in [0.3, 0.4) is 0 Å². The lowest BCUT2D eigenvalue weighted by Crippen LogP contribution is -2.12. The van der Waals surface area contributed by atoms with Crippen molar-refractivity contribution in [2.75, 3.05) is 25.6 Å². The summed E-state index contributed by atoms with van der Waals surface area (Å²) in [6, 6.07) is 15.5. The van der Waals surface area contributed by atoms with Gasteiger partial charge in [-0.15, -0.1) is 0 Å². The molecule has 2 N–H and O–H groups in total. The number of hydrogen-bond donors (Lipinski definition) is 2. The standard InChI is InChI=1S/C16H17N3O2/c1-20-12-6-8-13(9-7-12)21-11-10-17-16-18-14-4-2-3-5-15(14)19-16/h2-9H,10-11H2,1H3,(H2,17,18,19). The van der Waals surface area contributed by atoms with E-state index >= 15 is 0 Å². The maximum atomic E-state index is 5.64. The second-order valence-corrected chi connectivity index (χ2v) is 4.55. The van der Waals surface area contributed by atoms with Gasteiger partial charge >= 0.3 is 0 Å². The SMILES string of the molecule is COc1ccc(OCCNc2nc3ccccc3[nH]2)cc1. The summed E-state index contributed by atoms with van der Waals surface area (Å²) in [5.74, 6) is 2.40. The van der Waals surface area contributed by atoms with E-state index in [-0.39, 0.29) is 0 Å². The lowest BCUT2D eigenvalue weighted by molar-refractivity contribution is 0.331. The molecule has 1 heterocycles. The summed E-state index contributed by atoms with van der Waals surface area (Å²) in [6.07, 6.45) is 0. The monoisotopic (exact) mass is 283 g/mol. The molecule has 0 atom stereocenters. The fraction of sp³-hybridized carbons (Fsp3) is 0.188. The zero-order valence-corrected chi connectivity index (χ0v) is 11.8. The Morgan fingerprint density at radius 2 is 1.81 bits per heavy atom. The van der Waals surface area contributed by atoms with Crippen LogP contribution in [0.15, 0.2) is 48.5 Å². The molecular weight excluding hydrogens is 266 g/mol. The Morgan fingerprint density at radius 1 is 1.05 bits per heavy atom. The van der Waals surface area contributed by atoms with E-state index in [0.717, 1.165) is 28.5 Å². The molecule has 0 saturated carbocycles. The van der Waals surface area contributed by atoms with Crippen molar-refractivity contribution >= 4 is 17.0 Å². The van der Waals surface area contributed by atoms with Gasteiger partial charge in [0.2, 0.25) is 5.95 Å². The van der Waals surface area contributed by atoms with E-state index in [2.05, 4.69) is 15.3 Å². The van der Waals surface area contributed by atoms with Crippen molar-refractivity contribution in [3.8, 4) is 11.5 Å². The van der Waals surface area contributed by atoms with Crippen LogP contribution in [0.2, 0.25) is 0 Å². The molecule has 0 radical (unpaired) electrons. The van der Waals surface area contributed by atoms with Crippen LogP contribution in [0, 0.1) is 0 Å². The summed E-state index contributed by atoms with van der Waals surface area (Å²) in [6.45, 7) is 1.23. The van der Waals surface area contributed by atoms with Crippen molar-refractivity contribution in [1.82, 2.24) is 9.97 Å². The van der Waals surface area contributed by atoms with Crippen LogP contribution in [0.1, 0.15) is 0 Å². The van der Waals surface area contributed by atoms with Crippen LogP contribution in [0.4, 0.5) is 5.95 Å². The molecule has 0 bridgehead atoms. The number of aromatic amines is 1. The Labute approximate surface area is 122 Å². The number of ether oxygens (including phenoxy) is 2. The second-order valence-electron chi connectivity index (χ2n) is 4.55. The van der Waals surface area contributed by atoms with Crippen molar-refractivity contribution in [1.29, 1.82) is 0 Å². The largest absolute Gasteiger partial charge is 0.497 e. The van der Waals surface area contributed by atoms with E-state index in [1.54, 1.807) is 7.11 Å². The molecule has 0 spiro atoms. The number of rotatable bonds is 6. The molecule has 108 valence electrons. The number of anilines is 1. The molecular formula is C16H17N3O2. The third kappa shape index (κ3) is 3.25. The van der Waals surface area contributed by atoms with Crippen molar-refractivity contribution in [3.63, 3.8) is 0 Å². The van der Waals surface area contributed by atoms with Gasteiger partial charge in [0.1, 0.15) is 18.1 Å². The van der Waals surface area contributed by atoms with Gasteiger partial charge in [-0.05, 0) is 36.4 Å². The number of aromatic nitrogens is 2. The number of hydrogen-bond acceptors (Lipinski definition) is 4. The smallest absolute Gasteiger partial charge is 0.201 e. The van der Waals surface area contributed by atoms with E-state index in [4.69, 9.17) is 9.47 Å². The molecule has 5 heteroatoms. The zero-order chi connectivity index (χ0) is 14.5. The molecule has 3 aromatic rings. The van der Waals surface area contributed by atoms with E-state index < -0.39 is 0 Å². The highest BCUT2D eigenvalue weighted by atomic mass is 16.5. The molecule has 0 aliphatic carbocycles. The van der Waals surface area contributed by atoms with Gasteiger partial charge < -0.3 is 19.8 Å². The van der Waals surface area contributed by atoms with Crippen molar-refractivity contribution in [2.24, 2.45) is 0 Å². The third-order valence-electron chi connectivity index (χ3n) is 3.11. The summed E-state index contributed by atoms with van der Waals surface area (Å²) < 4.78 is 10.7. The highest BCUT2D eigenvalue weighted by molar-refractivity contribution is 5.77. The summed E-state index contributed by atoms with van der Waals surface area (Å²) in [5.41, 5.74) is 1.98. The molecule has 0 aliphatic heterocycles. The summed E-state index contributed by atoms with van der Waals surface area (Å²) >= 11 is 0. The van der Waals surface area contributed by atoms with E-state index in [1.807, 2.05) is 48.5 Å². The van der Waals surface area contributed by atoms with Gasteiger partial charge in [-0.1, -0.05) is 12.1 Å². The minimum Gasteiger partial charge on any atom is -0.497 e. The first-order valence-electron chi connectivity index (χ1n) is 6.80. The predicted octanol–water partition coefficient (Wildman–Crippen LogP) is 3.06. The number of nitrogens with one attached hydrogen (secondary N) is 2. The predicted molar refractivity (Wildman–Crippen MR) is 83.1 cm³/mol. The first-order chi connectivity index (χ1) is 10.3. The Morgan fingerprint density at radius 3 is 2.57 bits per heavy atom. The molecule has 5 nitrogen and oxygen atoms in total. The fourth-order valence-corrected chi connectivity index (χ4v) is 2.05. The van der Waals surface area contributed by atoms with Crippen LogP contribution < -0.4 is 14.8 Å². The molecule has 0 aliphatic rings. The number of methoxy groups -OCH3 is 1. The van der Waals surface area contributed by atoms with Crippen molar-refractivity contribution < 1.29 is 9.47 Å². The van der Waals surface area contributed by atoms with Crippen LogP contribution in [0.25, 0.3) is 11.0 Å². The van der Waals surface area contributed by atoms with E-state index in [9.17, 15) is 0 Å². The van der Waals surface area contributed by atoms with Gasteiger partial charge in [0, 0.05) is 0 Å². The molecule has 0 fully saturated rings. The van der Waals surface area contributed by atoms with Crippen LogP contribution in [-0.4, -0.2) is 30.2 Å². The Balaban J connectivity index is 1.49. The van der Waals surface area contributed by atoms with Gasteiger partial charge in [-0.3, -0.25) is 0 Å². The van der Waals surface area contributed by atoms with Gasteiger partial charge in [-0.2, -0.15) is 0 Å². The third-order valence-corrected chi connectivity index (χ3v) is 3.11. The van der Waals surface area contributed by atoms with Crippen molar-refractivity contribution in [2.45, 2.75) is 0 Å². The fourth-order valence-electron chi connectivity index (χ4n) is 2.05. The number of H-pyrrole nitrogens is 1. The molecule has 3 rings (SSSR count).